The molecule has 66 heavy (non-hydrogen) atoms. The molecular weight excluding hydrogens is 833 g/mol. The Balaban J connectivity index is 1.34. The van der Waals surface area contributed by atoms with E-state index in [-0.39, 0.29) is 0 Å². The molecule has 0 aliphatic carbocycles. The first-order valence-corrected chi connectivity index (χ1v) is 27.1. The maximum absolute atomic E-state index is 5.14. The Morgan fingerprint density at radius 2 is 0.636 bits per heavy atom. The minimum absolute atomic E-state index is 0.422. The molecule has 0 saturated heterocycles. The molecule has 8 aromatic rings. The van der Waals surface area contributed by atoms with Crippen molar-refractivity contribution in [2.45, 2.75) is 63.7 Å². The van der Waals surface area contributed by atoms with Gasteiger partial charge < -0.3 is 0 Å². The molecule has 2 atom stereocenters. The van der Waals surface area contributed by atoms with Crippen molar-refractivity contribution < 1.29 is 0 Å². The minimum Gasteiger partial charge on any atom is -0.261 e. The Hall–Kier alpha value is -6.87. The SMILES string of the molecule is Cc1ccc(C2=[Si](C)C(CCC3(c4ccc(C)nc4)C(c4ccccc4)=C(c4ccccc4)C(c4ccc(C)nc4)=[Si]3C)(c3ccc(C)nc3)C(c3ccccc3)=C2c2ccccc2)cn1. The van der Waals surface area contributed by atoms with Crippen LogP contribution in [-0.4, -0.2) is 47.1 Å². The summed E-state index contributed by atoms with van der Waals surface area (Å²) in [6.45, 7) is 13.5. The smallest absolute Gasteiger partial charge is 0.0373 e. The van der Waals surface area contributed by atoms with Crippen molar-refractivity contribution in [3.63, 3.8) is 0 Å². The molecule has 10 rings (SSSR count). The number of allylic oxidation sites excluding steroid dienone is 4. The van der Waals surface area contributed by atoms with Gasteiger partial charge in [0.25, 0.3) is 0 Å². The summed E-state index contributed by atoms with van der Waals surface area (Å²) in [7, 11) is -3.05. The van der Waals surface area contributed by atoms with Crippen molar-refractivity contribution in [1.82, 2.24) is 19.9 Å². The van der Waals surface area contributed by atoms with E-state index in [0.717, 1.165) is 35.6 Å². The van der Waals surface area contributed by atoms with Crippen LogP contribution in [0.4, 0.5) is 0 Å². The molecule has 0 bridgehead atoms. The maximum Gasteiger partial charge on any atom is 0.0373 e. The van der Waals surface area contributed by atoms with Crippen molar-refractivity contribution in [3.8, 4) is 0 Å². The van der Waals surface area contributed by atoms with Gasteiger partial charge in [-0.25, -0.2) is 0 Å². The molecule has 2 unspecified atom stereocenters. The quantitative estimate of drug-likeness (QED) is 0.121. The minimum atomic E-state index is -1.53. The third kappa shape index (κ3) is 7.38. The van der Waals surface area contributed by atoms with Gasteiger partial charge in [-0.1, -0.05) is 159 Å². The number of aryl methyl sites for hydroxylation is 4. The number of benzene rings is 4. The number of pyridine rings is 4. The lowest BCUT2D eigenvalue weighted by Crippen LogP contribution is -2.43. The lowest BCUT2D eigenvalue weighted by Gasteiger charge is -2.42. The van der Waals surface area contributed by atoms with Gasteiger partial charge in [0.15, 0.2) is 0 Å². The van der Waals surface area contributed by atoms with E-state index in [1.165, 1.54) is 77.1 Å². The lowest BCUT2D eigenvalue weighted by molar-refractivity contribution is 0.564. The second-order valence-electron chi connectivity index (χ2n) is 18.0. The zero-order valence-corrected chi connectivity index (χ0v) is 40.7. The third-order valence-corrected chi connectivity index (χ3v) is 20.9. The van der Waals surface area contributed by atoms with Crippen LogP contribution in [0.1, 0.15) is 80.1 Å². The van der Waals surface area contributed by atoms with Crippen molar-refractivity contribution in [2.24, 2.45) is 0 Å². The zero-order chi connectivity index (χ0) is 45.4. The second-order valence-corrected chi connectivity index (χ2v) is 23.2. The van der Waals surface area contributed by atoms with Crippen molar-refractivity contribution in [2.75, 3.05) is 0 Å². The first-order chi connectivity index (χ1) is 32.2. The maximum atomic E-state index is 5.14. The number of aromatic nitrogens is 4. The van der Waals surface area contributed by atoms with Gasteiger partial charge in [0.2, 0.25) is 0 Å². The predicted octanol–water partition coefficient (Wildman–Crippen LogP) is 12.6. The molecule has 0 radical (unpaired) electrons. The van der Waals surface area contributed by atoms with E-state index in [1.807, 2.05) is 0 Å². The zero-order valence-electron chi connectivity index (χ0n) is 38.7. The van der Waals surface area contributed by atoms with Crippen molar-refractivity contribution in [3.05, 3.63) is 262 Å². The molecule has 0 spiro atoms. The normalized spacial score (nSPS) is 18.5. The molecule has 0 saturated carbocycles. The highest BCUT2D eigenvalue weighted by molar-refractivity contribution is 6.89. The Morgan fingerprint density at radius 3 is 0.924 bits per heavy atom. The molecule has 2 aliphatic rings. The third-order valence-electron chi connectivity index (χ3n) is 14.2. The molecule has 4 aromatic carbocycles. The topological polar surface area (TPSA) is 51.6 Å². The molecule has 0 N–H and O–H groups in total. The largest absolute Gasteiger partial charge is 0.261 e. The van der Waals surface area contributed by atoms with Gasteiger partial charge in [0.05, 0.1) is 0 Å². The summed E-state index contributed by atoms with van der Waals surface area (Å²) < 4.78 is 0. The highest BCUT2D eigenvalue weighted by Gasteiger charge is 2.53. The standard InChI is InChI=1S/C60H54N4Si2/c1-41-27-31-49(37-61-41)57-53(45-19-11-7-12-20-45)55(47-23-15-9-16-24-47)59(65(57)5,51-33-29-43(3)63-39-51)35-36-60(52-34-30-44(4)64-40-52)56(48-25-17-10-18-26-48)54(46-21-13-8-14-22-46)58(66(60)6)50-32-28-42(2)62-38-50/h7-34,37-40H,35-36H2,1-6H3. The van der Waals surface area contributed by atoms with Crippen LogP contribution in [0, 0.1) is 27.7 Å². The average molecular weight is 887 g/mol. The van der Waals surface area contributed by atoms with E-state index in [4.69, 9.17) is 19.9 Å². The Kier molecular flexibility index (Phi) is 11.6. The molecule has 0 fully saturated rings. The molecule has 6 heterocycles. The first-order valence-electron chi connectivity index (χ1n) is 23.1. The number of nitrogens with zero attached hydrogens (tertiary/aromatic N) is 4. The van der Waals surface area contributed by atoms with Crippen LogP contribution in [-0.2, 0) is 10.1 Å². The summed E-state index contributed by atoms with van der Waals surface area (Å²) in [5.74, 6) is 0. The average Bonchev–Trinajstić information content (AvgIpc) is 3.78. The van der Waals surface area contributed by atoms with Crippen molar-refractivity contribution >= 4 is 49.4 Å². The summed E-state index contributed by atoms with van der Waals surface area (Å²) in [4.78, 5) is 20.2. The fourth-order valence-electron chi connectivity index (χ4n) is 11.0. The van der Waals surface area contributed by atoms with Crippen LogP contribution in [0.15, 0.2) is 195 Å². The van der Waals surface area contributed by atoms with E-state index in [1.54, 1.807) is 0 Å². The Bertz CT molecular complexity index is 2960. The molecule has 2 aliphatic heterocycles. The van der Waals surface area contributed by atoms with Crippen LogP contribution < -0.4 is 0 Å². The summed E-state index contributed by atoms with van der Waals surface area (Å²) in [6.07, 6.45) is 10.4. The van der Waals surface area contributed by atoms with Crippen LogP contribution >= 0.6 is 0 Å². The van der Waals surface area contributed by atoms with Crippen molar-refractivity contribution in [1.29, 1.82) is 0 Å². The van der Waals surface area contributed by atoms with Gasteiger partial charge >= 0.3 is 0 Å². The van der Waals surface area contributed by atoms with Gasteiger partial charge in [-0.15, -0.1) is 0 Å². The monoisotopic (exact) mass is 886 g/mol. The van der Waals surface area contributed by atoms with E-state index in [2.05, 4.69) is 235 Å². The van der Waals surface area contributed by atoms with Gasteiger partial charge in [0, 0.05) is 74.5 Å². The molecule has 4 nitrogen and oxygen atoms in total. The summed E-state index contributed by atoms with van der Waals surface area (Å²) in [5, 5.41) is 1.99. The van der Waals surface area contributed by atoms with Crippen LogP contribution in [0.2, 0.25) is 13.1 Å². The van der Waals surface area contributed by atoms with Gasteiger partial charge in [-0.05, 0) is 142 Å². The summed E-state index contributed by atoms with van der Waals surface area (Å²) in [6, 6.07) is 62.9. The van der Waals surface area contributed by atoms with Crippen LogP contribution in [0.25, 0.3) is 22.3 Å². The van der Waals surface area contributed by atoms with Crippen LogP contribution in [0.3, 0.4) is 0 Å². The Labute approximate surface area is 393 Å². The molecule has 322 valence electrons. The summed E-state index contributed by atoms with van der Waals surface area (Å²) in [5.41, 5.74) is 19.4. The van der Waals surface area contributed by atoms with E-state index in [0.29, 0.717) is 0 Å². The summed E-state index contributed by atoms with van der Waals surface area (Å²) >= 11 is 0. The Morgan fingerprint density at radius 1 is 0.333 bits per heavy atom. The van der Waals surface area contributed by atoms with Gasteiger partial charge in [-0.3, -0.25) is 19.9 Å². The number of hydrogen-bond acceptors (Lipinski definition) is 4. The van der Waals surface area contributed by atoms with Gasteiger partial charge in [-0.2, -0.15) is 0 Å². The number of rotatable bonds is 11. The number of hydrogen-bond donors (Lipinski definition) is 0. The lowest BCUT2D eigenvalue weighted by atomic mass is 9.73. The highest BCUT2D eigenvalue weighted by atomic mass is 28.2. The van der Waals surface area contributed by atoms with Gasteiger partial charge in [0.1, 0.15) is 0 Å². The van der Waals surface area contributed by atoms with Crippen LogP contribution in [0.5, 0.6) is 0 Å². The molecule has 6 heteroatoms. The first kappa shape index (κ1) is 43.0. The highest BCUT2D eigenvalue weighted by Crippen LogP contribution is 2.57. The van der Waals surface area contributed by atoms with E-state index < -0.39 is 26.9 Å². The molecule has 4 aromatic heterocycles. The van der Waals surface area contributed by atoms with E-state index >= 15 is 0 Å². The molecular formula is C60H54N4Si2. The fraction of sp³-hybridized carbons (Fsp3) is 0.167. The second kappa shape index (κ2) is 17.8. The molecule has 0 amide bonds. The fourth-order valence-corrected chi connectivity index (χ4v) is 17.8. The predicted molar refractivity (Wildman–Crippen MR) is 279 cm³/mol. The van der Waals surface area contributed by atoms with E-state index in [9.17, 15) is 0 Å².